The molecule has 0 heterocycles. The monoisotopic (exact) mass is 869 g/mol. The summed E-state index contributed by atoms with van der Waals surface area (Å²) in [5, 5.41) is 26.3. The molecule has 0 aromatic heterocycles. The number of benzene rings is 1. The predicted molar refractivity (Wildman–Crippen MR) is 225 cm³/mol. The van der Waals surface area contributed by atoms with Crippen LogP contribution in [-0.2, 0) is 68.1 Å². The molecule has 0 radical (unpaired) electrons. The summed E-state index contributed by atoms with van der Waals surface area (Å²) in [7, 11) is 0. The van der Waals surface area contributed by atoms with Crippen molar-refractivity contribution < 1.29 is 81.7 Å². The zero-order chi connectivity index (χ0) is 43.7. The molecule has 0 aliphatic heterocycles. The molecule has 0 saturated heterocycles. The second kappa shape index (κ2) is 49.6. The maximum Gasteiger partial charge on any atom is 0.300 e. The van der Waals surface area contributed by atoms with Gasteiger partial charge in [0.1, 0.15) is 12.4 Å². The molecule has 3 N–H and O–H groups in total. The Morgan fingerprint density at radius 2 is 0.783 bits per heavy atom. The second-order valence-corrected chi connectivity index (χ2v) is 13.1. The zero-order valence-corrected chi connectivity index (χ0v) is 36.8. The smallest absolute Gasteiger partial charge is 0.300 e. The molecule has 1 atom stereocenters. The molecular formula is C43H80O17. The molecule has 17 nitrogen and oxygen atoms in total. The Morgan fingerprint density at radius 3 is 1.13 bits per heavy atom. The zero-order valence-electron chi connectivity index (χ0n) is 36.8. The van der Waals surface area contributed by atoms with Gasteiger partial charge in [-0.25, -0.2) is 0 Å². The Labute approximate surface area is 359 Å². The number of ether oxygens (including phenoxy) is 13. The highest BCUT2D eigenvalue weighted by Crippen LogP contribution is 2.22. The number of hydrogen-bond acceptors (Lipinski definition) is 16. The summed E-state index contributed by atoms with van der Waals surface area (Å²) >= 11 is 0. The Bertz CT molecular complexity index is 989. The minimum Gasteiger partial charge on any atom is -0.481 e. The van der Waals surface area contributed by atoms with Crippen LogP contribution in [0.3, 0.4) is 0 Å². The first-order valence-corrected chi connectivity index (χ1v) is 21.7. The van der Waals surface area contributed by atoms with Crippen LogP contribution in [0.5, 0.6) is 5.75 Å². The van der Waals surface area contributed by atoms with Crippen molar-refractivity contribution in [2.24, 2.45) is 0 Å². The Balaban J connectivity index is 0.00000829. The predicted octanol–water partition coefficient (Wildman–Crippen LogP) is 3.96. The average molecular weight is 869 g/mol. The summed E-state index contributed by atoms with van der Waals surface area (Å²) in [6.45, 7) is 14.3. The van der Waals surface area contributed by atoms with Crippen molar-refractivity contribution in [2.75, 3.05) is 165 Å². The highest BCUT2D eigenvalue weighted by molar-refractivity contribution is 5.62. The van der Waals surface area contributed by atoms with Crippen molar-refractivity contribution >= 4 is 5.97 Å². The molecule has 0 amide bonds. The Morgan fingerprint density at radius 1 is 0.483 bits per heavy atom. The normalized spacial score (nSPS) is 11.7. The van der Waals surface area contributed by atoms with E-state index in [-0.39, 0.29) is 13.2 Å². The lowest BCUT2D eigenvalue weighted by molar-refractivity contribution is -0.134. The number of carboxylic acid groups (broad SMARTS) is 1. The molecule has 0 aliphatic rings. The number of aliphatic hydroxyl groups excluding tert-OH is 2. The van der Waals surface area contributed by atoms with Crippen LogP contribution >= 0.6 is 0 Å². The molecule has 1 aromatic carbocycles. The molecule has 1 rings (SSSR count). The van der Waals surface area contributed by atoms with E-state index in [0.717, 1.165) is 31.1 Å². The van der Waals surface area contributed by atoms with Gasteiger partial charge in [-0.1, -0.05) is 63.6 Å². The summed E-state index contributed by atoms with van der Waals surface area (Å²) in [4.78, 5) is 9.00. The van der Waals surface area contributed by atoms with Crippen molar-refractivity contribution in [2.45, 2.75) is 71.5 Å². The Hall–Kier alpha value is -2.07. The minimum absolute atomic E-state index is 0.0215. The first-order chi connectivity index (χ1) is 29.5. The van der Waals surface area contributed by atoms with E-state index in [4.69, 9.17) is 76.6 Å². The molecule has 0 aliphatic carbocycles. The van der Waals surface area contributed by atoms with E-state index in [1.54, 1.807) is 0 Å². The van der Waals surface area contributed by atoms with Gasteiger partial charge in [0.25, 0.3) is 5.97 Å². The van der Waals surface area contributed by atoms with Gasteiger partial charge in [0, 0.05) is 6.92 Å². The van der Waals surface area contributed by atoms with Crippen LogP contribution < -0.4 is 4.74 Å². The molecule has 60 heavy (non-hydrogen) atoms. The van der Waals surface area contributed by atoms with Gasteiger partial charge in [-0.15, -0.1) is 0 Å². The van der Waals surface area contributed by atoms with E-state index < -0.39 is 12.3 Å². The first-order valence-electron chi connectivity index (χ1n) is 21.7. The van der Waals surface area contributed by atoms with E-state index in [0.29, 0.717) is 152 Å². The van der Waals surface area contributed by atoms with Gasteiger partial charge in [-0.05, 0) is 24.5 Å². The summed E-state index contributed by atoms with van der Waals surface area (Å²) < 4.78 is 71.1. The summed E-state index contributed by atoms with van der Waals surface area (Å²) in [6, 6.07) is 7.91. The highest BCUT2D eigenvalue weighted by atomic mass is 16.6. The average Bonchev–Trinajstić information content (AvgIpc) is 3.23. The lowest BCUT2D eigenvalue weighted by atomic mass is 10.0. The van der Waals surface area contributed by atoms with E-state index in [1.165, 1.54) is 38.5 Å². The number of unbranched alkanes of at least 4 members (excludes halogenated alkanes) is 6. The maximum atomic E-state index is 10.3. The lowest BCUT2D eigenvalue weighted by Crippen LogP contribution is -2.24. The number of aliphatic carboxylic acids is 1. The molecular weight excluding hydrogens is 788 g/mol. The molecule has 1 aromatic rings. The van der Waals surface area contributed by atoms with E-state index in [1.807, 2.05) is 18.2 Å². The van der Waals surface area contributed by atoms with Gasteiger partial charge in [-0.2, -0.15) is 0 Å². The third-order valence-corrected chi connectivity index (χ3v) is 7.87. The van der Waals surface area contributed by atoms with E-state index in [2.05, 4.69) is 13.0 Å². The minimum atomic E-state index is -1.03. The fourth-order valence-corrected chi connectivity index (χ4v) is 4.95. The van der Waals surface area contributed by atoms with Crippen LogP contribution in [0.25, 0.3) is 0 Å². The number of aliphatic hydroxyl groups is 2. The van der Waals surface area contributed by atoms with Crippen LogP contribution in [0.4, 0.5) is 0 Å². The van der Waals surface area contributed by atoms with Gasteiger partial charge in [0.05, 0.1) is 159 Å². The number of rotatable bonds is 47. The highest BCUT2D eigenvalue weighted by Gasteiger charge is 2.10. The fourth-order valence-electron chi connectivity index (χ4n) is 4.95. The molecule has 17 heteroatoms. The number of hydrogen-bond donors (Lipinski definition) is 3. The standard InChI is InChI=1S/C41H76O15.C2H4O2/c1-2-3-4-5-6-7-8-11-39-12-9-10-13-40(39)56-41(43)38-55-37-36-54-35-34-53-33-32-52-31-30-51-29-28-50-27-26-49-25-24-48-23-22-47-21-20-46-19-18-45-17-16-44-15-14-42;1-2(3)4/h9-10,12-13,41-43H,2-8,11,14-38H2,1H3;1H3,(H,3,4). The third-order valence-electron chi connectivity index (χ3n) is 7.87. The van der Waals surface area contributed by atoms with Crippen molar-refractivity contribution in [1.82, 2.24) is 0 Å². The molecule has 0 bridgehead atoms. The summed E-state index contributed by atoms with van der Waals surface area (Å²) in [5.41, 5.74) is 1.12. The number of carboxylic acids is 1. The molecule has 0 fully saturated rings. The second-order valence-electron chi connectivity index (χ2n) is 13.1. The van der Waals surface area contributed by atoms with Crippen LogP contribution in [0.15, 0.2) is 24.3 Å². The van der Waals surface area contributed by atoms with Crippen molar-refractivity contribution in [3.63, 3.8) is 0 Å². The molecule has 1 unspecified atom stereocenters. The van der Waals surface area contributed by atoms with Crippen LogP contribution in [0.1, 0.15) is 64.4 Å². The van der Waals surface area contributed by atoms with Crippen molar-refractivity contribution in [3.05, 3.63) is 29.8 Å². The summed E-state index contributed by atoms with van der Waals surface area (Å²) in [6.07, 6.45) is 8.77. The SMILES string of the molecule is CC(=O)O.CCCCCCCCCc1ccccc1OC(O)COCCOCCOCCOCCOCCOCCOCCOCCOCCOCCOCCOCCO. The van der Waals surface area contributed by atoms with Gasteiger partial charge < -0.3 is 76.9 Å². The number of aryl methyl sites for hydroxylation is 1. The fraction of sp³-hybridized carbons (Fsp3) is 0.837. The summed E-state index contributed by atoms with van der Waals surface area (Å²) in [5.74, 6) is -0.113. The maximum absolute atomic E-state index is 10.3. The topological polar surface area (TPSA) is 198 Å². The van der Waals surface area contributed by atoms with Crippen molar-refractivity contribution in [1.29, 1.82) is 0 Å². The molecule has 354 valence electrons. The van der Waals surface area contributed by atoms with Gasteiger partial charge in [-0.3, -0.25) is 4.79 Å². The van der Waals surface area contributed by atoms with Crippen LogP contribution in [0.2, 0.25) is 0 Å². The quantitative estimate of drug-likeness (QED) is 0.0628. The molecule has 0 spiro atoms. The largest absolute Gasteiger partial charge is 0.481 e. The number of para-hydroxylation sites is 1. The first kappa shape index (κ1) is 57.9. The van der Waals surface area contributed by atoms with Crippen LogP contribution in [-0.4, -0.2) is 193 Å². The van der Waals surface area contributed by atoms with Gasteiger partial charge in [0.2, 0.25) is 6.29 Å². The van der Waals surface area contributed by atoms with Gasteiger partial charge in [0.15, 0.2) is 0 Å². The Kier molecular flexibility index (Phi) is 47.9. The molecule has 0 saturated carbocycles. The lowest BCUT2D eigenvalue weighted by Gasteiger charge is -2.16. The van der Waals surface area contributed by atoms with Crippen LogP contribution in [0, 0.1) is 0 Å². The van der Waals surface area contributed by atoms with E-state index in [9.17, 15) is 5.11 Å². The van der Waals surface area contributed by atoms with E-state index >= 15 is 0 Å². The van der Waals surface area contributed by atoms with Gasteiger partial charge >= 0.3 is 0 Å². The number of carbonyl (C=O) groups is 1. The third kappa shape index (κ3) is 47.0. The van der Waals surface area contributed by atoms with Crippen molar-refractivity contribution in [3.8, 4) is 5.75 Å².